The molecule has 0 spiro atoms. The normalized spacial score (nSPS) is 20.5. The van der Waals surface area contributed by atoms with E-state index < -0.39 is 27.6 Å². The fraction of sp³-hybridized carbons (Fsp3) is 0.400. The highest BCUT2D eigenvalue weighted by Gasteiger charge is 2.45. The van der Waals surface area contributed by atoms with Crippen molar-refractivity contribution in [3.05, 3.63) is 43.0 Å². The molecule has 124 valence electrons. The zero-order valence-electron chi connectivity index (χ0n) is 12.3. The first kappa shape index (κ1) is 15.9. The minimum absolute atomic E-state index is 0.233. The smallest absolute Gasteiger partial charge is 0.251 e. The summed E-state index contributed by atoms with van der Waals surface area (Å²) in [5.41, 5.74) is 1.08. The van der Waals surface area contributed by atoms with E-state index in [0.29, 0.717) is 12.1 Å². The predicted molar refractivity (Wildman–Crippen MR) is 83.3 cm³/mol. The first-order valence-corrected chi connectivity index (χ1v) is 8.98. The van der Waals surface area contributed by atoms with Gasteiger partial charge < -0.3 is 4.57 Å². The van der Waals surface area contributed by atoms with E-state index in [2.05, 4.69) is 9.71 Å². The quantitative estimate of drug-likeness (QED) is 0.909. The lowest BCUT2D eigenvalue weighted by Gasteiger charge is -2.19. The molecule has 0 aliphatic heterocycles. The van der Waals surface area contributed by atoms with E-state index in [4.69, 9.17) is 0 Å². The van der Waals surface area contributed by atoms with Crippen molar-refractivity contribution in [3.8, 4) is 5.69 Å². The topological polar surface area (TPSA) is 64.0 Å². The fourth-order valence-electron chi connectivity index (χ4n) is 2.83. The van der Waals surface area contributed by atoms with Gasteiger partial charge in [-0.05, 0) is 31.0 Å². The van der Waals surface area contributed by atoms with Crippen LogP contribution in [0.2, 0.25) is 0 Å². The Morgan fingerprint density at radius 1 is 1.39 bits per heavy atom. The van der Waals surface area contributed by atoms with Crippen LogP contribution in [0.15, 0.2) is 43.0 Å². The van der Waals surface area contributed by atoms with Gasteiger partial charge >= 0.3 is 0 Å². The van der Waals surface area contributed by atoms with Gasteiger partial charge in [0.05, 0.1) is 17.8 Å². The molecule has 0 amide bonds. The lowest BCUT2D eigenvalue weighted by atomic mass is 10.1. The van der Waals surface area contributed by atoms with Crippen molar-refractivity contribution < 1.29 is 17.2 Å². The molecule has 0 radical (unpaired) electrons. The minimum Gasteiger partial charge on any atom is -0.306 e. The SMILES string of the molecule is O=S(=O)(CC1CCCC1(F)F)Nc1cccc(-n2ccnc2)c1. The number of nitrogens with zero attached hydrogens (tertiary/aromatic N) is 2. The van der Waals surface area contributed by atoms with E-state index in [1.54, 1.807) is 47.6 Å². The van der Waals surface area contributed by atoms with Gasteiger partial charge in [0.15, 0.2) is 0 Å². The Morgan fingerprint density at radius 2 is 2.22 bits per heavy atom. The van der Waals surface area contributed by atoms with Crippen LogP contribution in [0.3, 0.4) is 0 Å². The third-order valence-electron chi connectivity index (χ3n) is 4.00. The number of nitrogens with one attached hydrogen (secondary N) is 1. The second-order valence-electron chi connectivity index (χ2n) is 5.75. The summed E-state index contributed by atoms with van der Waals surface area (Å²) in [4.78, 5) is 3.93. The Morgan fingerprint density at radius 3 is 2.87 bits per heavy atom. The summed E-state index contributed by atoms with van der Waals surface area (Å²) < 4.78 is 55.7. The number of halogens is 2. The molecule has 1 atom stereocenters. The number of sulfonamides is 1. The number of alkyl halides is 2. The second-order valence-corrected chi connectivity index (χ2v) is 7.52. The number of hydrogen-bond donors (Lipinski definition) is 1. The average molecular weight is 341 g/mol. The van der Waals surface area contributed by atoms with E-state index in [1.807, 2.05) is 0 Å². The molecule has 0 bridgehead atoms. The summed E-state index contributed by atoms with van der Waals surface area (Å²) >= 11 is 0. The van der Waals surface area contributed by atoms with Crippen molar-refractivity contribution in [1.29, 1.82) is 0 Å². The molecule has 5 nitrogen and oxygen atoms in total. The molecule has 1 heterocycles. The van der Waals surface area contributed by atoms with Crippen LogP contribution in [-0.2, 0) is 10.0 Å². The molecule has 1 aromatic heterocycles. The highest BCUT2D eigenvalue weighted by Crippen LogP contribution is 2.41. The van der Waals surface area contributed by atoms with Gasteiger partial charge in [0, 0.05) is 30.4 Å². The number of anilines is 1. The van der Waals surface area contributed by atoms with Gasteiger partial charge in [0.1, 0.15) is 0 Å². The highest BCUT2D eigenvalue weighted by atomic mass is 32.2. The number of hydrogen-bond acceptors (Lipinski definition) is 3. The van der Waals surface area contributed by atoms with Gasteiger partial charge in [-0.25, -0.2) is 22.2 Å². The lowest BCUT2D eigenvalue weighted by molar-refractivity contribution is -0.0287. The zero-order chi connectivity index (χ0) is 16.5. The molecule has 8 heteroatoms. The van der Waals surface area contributed by atoms with Crippen LogP contribution in [0.5, 0.6) is 0 Å². The predicted octanol–water partition coefficient (Wildman–Crippen LogP) is 3.05. The van der Waals surface area contributed by atoms with Crippen molar-refractivity contribution in [2.45, 2.75) is 25.2 Å². The van der Waals surface area contributed by atoms with Crippen LogP contribution in [0.4, 0.5) is 14.5 Å². The van der Waals surface area contributed by atoms with E-state index in [-0.39, 0.29) is 12.8 Å². The Balaban J connectivity index is 1.75. The van der Waals surface area contributed by atoms with Crippen LogP contribution in [0, 0.1) is 5.92 Å². The molecule has 0 saturated heterocycles. The Labute approximate surface area is 133 Å². The molecule has 1 aliphatic rings. The van der Waals surface area contributed by atoms with E-state index in [1.165, 1.54) is 0 Å². The van der Waals surface area contributed by atoms with Crippen molar-refractivity contribution >= 4 is 15.7 Å². The van der Waals surface area contributed by atoms with Gasteiger partial charge in [0.25, 0.3) is 5.92 Å². The summed E-state index contributed by atoms with van der Waals surface area (Å²) in [7, 11) is -3.83. The molecule has 1 unspecified atom stereocenters. The standard InChI is InChI=1S/C15H17F2N3O2S/c16-15(17)6-2-3-12(15)10-23(21,22)19-13-4-1-5-14(9-13)20-8-7-18-11-20/h1,4-5,7-9,11-12,19H,2-3,6,10H2. The first-order chi connectivity index (χ1) is 10.9. The van der Waals surface area contributed by atoms with E-state index in [9.17, 15) is 17.2 Å². The van der Waals surface area contributed by atoms with Crippen molar-refractivity contribution in [2.24, 2.45) is 5.92 Å². The van der Waals surface area contributed by atoms with Crippen molar-refractivity contribution in [2.75, 3.05) is 10.5 Å². The monoisotopic (exact) mass is 341 g/mol. The maximum absolute atomic E-state index is 13.6. The summed E-state index contributed by atoms with van der Waals surface area (Å²) in [5.74, 6) is -4.57. The van der Waals surface area contributed by atoms with Crippen LogP contribution in [0.1, 0.15) is 19.3 Å². The molecule has 23 heavy (non-hydrogen) atoms. The maximum atomic E-state index is 13.6. The third-order valence-corrected chi connectivity index (χ3v) is 5.39. The van der Waals surface area contributed by atoms with E-state index in [0.717, 1.165) is 5.69 Å². The van der Waals surface area contributed by atoms with Crippen LogP contribution in [-0.4, -0.2) is 29.6 Å². The first-order valence-electron chi connectivity index (χ1n) is 7.32. The molecule has 1 saturated carbocycles. The number of imidazole rings is 1. The minimum atomic E-state index is -3.83. The Kier molecular flexibility index (Phi) is 4.09. The van der Waals surface area contributed by atoms with Crippen LogP contribution in [0.25, 0.3) is 5.69 Å². The van der Waals surface area contributed by atoms with Crippen molar-refractivity contribution in [3.63, 3.8) is 0 Å². The Bertz CT molecular complexity index is 776. The van der Waals surface area contributed by atoms with Gasteiger partial charge in [-0.1, -0.05) is 6.07 Å². The number of rotatable bonds is 5. The molecular weight excluding hydrogens is 324 g/mol. The molecule has 1 aliphatic carbocycles. The number of benzene rings is 1. The van der Waals surface area contributed by atoms with Gasteiger partial charge in [-0.15, -0.1) is 0 Å². The molecule has 3 rings (SSSR count). The summed E-state index contributed by atoms with van der Waals surface area (Å²) in [5, 5.41) is 0. The molecule has 1 aromatic carbocycles. The summed E-state index contributed by atoms with van der Waals surface area (Å²) in [6, 6.07) is 6.71. The molecule has 1 N–H and O–H groups in total. The van der Waals surface area contributed by atoms with E-state index >= 15 is 0 Å². The Hall–Kier alpha value is -1.96. The largest absolute Gasteiger partial charge is 0.306 e. The molecule has 2 aromatic rings. The molecular formula is C15H17F2N3O2S. The number of aromatic nitrogens is 2. The van der Waals surface area contributed by atoms with Crippen LogP contribution < -0.4 is 4.72 Å². The lowest BCUT2D eigenvalue weighted by Crippen LogP contribution is -2.31. The average Bonchev–Trinajstić information content (AvgIpc) is 3.09. The molecule has 1 fully saturated rings. The van der Waals surface area contributed by atoms with Gasteiger partial charge in [-0.2, -0.15) is 0 Å². The highest BCUT2D eigenvalue weighted by molar-refractivity contribution is 7.92. The zero-order valence-corrected chi connectivity index (χ0v) is 13.1. The van der Waals surface area contributed by atoms with Gasteiger partial charge in [-0.3, -0.25) is 4.72 Å². The maximum Gasteiger partial charge on any atom is 0.251 e. The fourth-order valence-corrected chi connectivity index (χ4v) is 4.34. The summed E-state index contributed by atoms with van der Waals surface area (Å²) in [6.45, 7) is 0. The van der Waals surface area contributed by atoms with Crippen LogP contribution >= 0.6 is 0 Å². The van der Waals surface area contributed by atoms with Crippen molar-refractivity contribution in [1.82, 2.24) is 9.55 Å². The third kappa shape index (κ3) is 3.69. The second kappa shape index (κ2) is 5.92. The summed E-state index contributed by atoms with van der Waals surface area (Å²) in [6.07, 6.45) is 5.30. The van der Waals surface area contributed by atoms with Gasteiger partial charge in [0.2, 0.25) is 10.0 Å².